The van der Waals surface area contributed by atoms with Gasteiger partial charge in [0.2, 0.25) is 5.91 Å². The molecule has 0 aliphatic carbocycles. The van der Waals surface area contributed by atoms with Gasteiger partial charge < -0.3 is 10.1 Å². The number of halogens is 1. The standard InChI is InChI=1S/C15H20ClNO2/c1-12(7-5-6-10-18)15(17-14(19)11-16)13-8-3-2-4-9-13/h2-4,8-10,12,15H,5-7,11H2,1H3,(H,17,19). The van der Waals surface area contributed by atoms with Crippen LogP contribution in [0.15, 0.2) is 30.3 Å². The zero-order valence-electron chi connectivity index (χ0n) is 11.1. The summed E-state index contributed by atoms with van der Waals surface area (Å²) in [7, 11) is 0. The number of carbonyl (C=O) groups excluding carboxylic acids is 2. The highest BCUT2D eigenvalue weighted by molar-refractivity contribution is 6.27. The smallest absolute Gasteiger partial charge is 0.235 e. The first-order valence-corrected chi connectivity index (χ1v) is 7.06. The largest absolute Gasteiger partial charge is 0.348 e. The van der Waals surface area contributed by atoms with E-state index >= 15 is 0 Å². The quantitative estimate of drug-likeness (QED) is 0.452. The summed E-state index contributed by atoms with van der Waals surface area (Å²) in [6.07, 6.45) is 3.22. The Bertz CT molecular complexity index is 394. The summed E-state index contributed by atoms with van der Waals surface area (Å²) < 4.78 is 0. The maximum atomic E-state index is 11.5. The van der Waals surface area contributed by atoms with Crippen molar-refractivity contribution in [3.63, 3.8) is 0 Å². The normalized spacial score (nSPS) is 13.6. The number of carbonyl (C=O) groups is 2. The van der Waals surface area contributed by atoms with E-state index in [1.807, 2.05) is 30.3 Å². The molecule has 0 heterocycles. The molecule has 0 radical (unpaired) electrons. The van der Waals surface area contributed by atoms with E-state index in [4.69, 9.17) is 11.6 Å². The molecule has 2 unspecified atom stereocenters. The van der Waals surface area contributed by atoms with Crippen LogP contribution in [-0.4, -0.2) is 18.1 Å². The van der Waals surface area contributed by atoms with E-state index in [9.17, 15) is 9.59 Å². The zero-order valence-corrected chi connectivity index (χ0v) is 11.9. The van der Waals surface area contributed by atoms with E-state index < -0.39 is 0 Å². The van der Waals surface area contributed by atoms with Crippen molar-refractivity contribution in [1.82, 2.24) is 5.32 Å². The number of aldehydes is 1. The van der Waals surface area contributed by atoms with Crippen LogP contribution in [0, 0.1) is 5.92 Å². The zero-order chi connectivity index (χ0) is 14.1. The van der Waals surface area contributed by atoms with Crippen molar-refractivity contribution in [2.24, 2.45) is 5.92 Å². The van der Waals surface area contributed by atoms with Crippen LogP contribution in [-0.2, 0) is 9.59 Å². The molecule has 19 heavy (non-hydrogen) atoms. The van der Waals surface area contributed by atoms with Gasteiger partial charge in [-0.15, -0.1) is 11.6 Å². The Morgan fingerprint density at radius 2 is 2.05 bits per heavy atom. The van der Waals surface area contributed by atoms with Crippen LogP contribution in [0.4, 0.5) is 0 Å². The van der Waals surface area contributed by atoms with Gasteiger partial charge in [-0.2, -0.15) is 0 Å². The summed E-state index contributed by atoms with van der Waals surface area (Å²) in [5, 5.41) is 2.95. The fraction of sp³-hybridized carbons (Fsp3) is 0.467. The van der Waals surface area contributed by atoms with Crippen molar-refractivity contribution in [2.45, 2.75) is 32.2 Å². The molecule has 4 heteroatoms. The van der Waals surface area contributed by atoms with Crippen LogP contribution in [0.25, 0.3) is 0 Å². The summed E-state index contributed by atoms with van der Waals surface area (Å²) in [5.41, 5.74) is 1.07. The number of alkyl halides is 1. The third kappa shape index (κ3) is 5.43. The van der Waals surface area contributed by atoms with Gasteiger partial charge in [0, 0.05) is 6.42 Å². The minimum atomic E-state index is -0.169. The van der Waals surface area contributed by atoms with Crippen molar-refractivity contribution in [2.75, 3.05) is 5.88 Å². The van der Waals surface area contributed by atoms with Crippen molar-refractivity contribution in [3.05, 3.63) is 35.9 Å². The predicted octanol–water partition coefficient (Wildman–Crippen LogP) is 3.09. The molecule has 1 aromatic carbocycles. The number of benzene rings is 1. The third-order valence-electron chi connectivity index (χ3n) is 3.15. The summed E-state index contributed by atoms with van der Waals surface area (Å²) >= 11 is 5.56. The number of hydrogen-bond acceptors (Lipinski definition) is 2. The Labute approximate surface area is 119 Å². The number of hydrogen-bond donors (Lipinski definition) is 1. The SMILES string of the molecule is CC(CCCC=O)C(NC(=O)CCl)c1ccccc1. The highest BCUT2D eigenvalue weighted by atomic mass is 35.5. The molecule has 104 valence electrons. The lowest BCUT2D eigenvalue weighted by Crippen LogP contribution is -2.33. The van der Waals surface area contributed by atoms with Gasteiger partial charge in [0.15, 0.2) is 0 Å². The molecule has 0 saturated heterocycles. The molecule has 0 spiro atoms. The van der Waals surface area contributed by atoms with Crippen LogP contribution >= 0.6 is 11.6 Å². The number of amides is 1. The number of rotatable bonds is 8. The molecule has 0 saturated carbocycles. The fourth-order valence-corrected chi connectivity index (χ4v) is 2.19. The topological polar surface area (TPSA) is 46.2 Å². The maximum absolute atomic E-state index is 11.5. The van der Waals surface area contributed by atoms with Crippen LogP contribution in [0.2, 0.25) is 0 Å². The highest BCUT2D eigenvalue weighted by Crippen LogP contribution is 2.25. The molecule has 0 aliphatic heterocycles. The monoisotopic (exact) mass is 281 g/mol. The fourth-order valence-electron chi connectivity index (χ4n) is 2.12. The number of nitrogens with one attached hydrogen (secondary N) is 1. The summed E-state index contributed by atoms with van der Waals surface area (Å²) in [6.45, 7) is 2.08. The van der Waals surface area contributed by atoms with Gasteiger partial charge in [0.1, 0.15) is 12.2 Å². The highest BCUT2D eigenvalue weighted by Gasteiger charge is 2.20. The van der Waals surface area contributed by atoms with Crippen LogP contribution in [0.1, 0.15) is 37.8 Å². The van der Waals surface area contributed by atoms with Gasteiger partial charge in [-0.25, -0.2) is 0 Å². The first kappa shape index (κ1) is 15.7. The molecular formula is C15H20ClNO2. The second kappa shape index (κ2) is 8.70. The minimum absolute atomic E-state index is 0.0373. The first-order chi connectivity index (χ1) is 9.19. The van der Waals surface area contributed by atoms with E-state index in [0.29, 0.717) is 6.42 Å². The Balaban J connectivity index is 2.74. The van der Waals surface area contributed by atoms with Gasteiger partial charge in [-0.1, -0.05) is 37.3 Å². The van der Waals surface area contributed by atoms with E-state index in [-0.39, 0.29) is 23.7 Å². The average Bonchev–Trinajstić information content (AvgIpc) is 2.45. The van der Waals surface area contributed by atoms with Crippen molar-refractivity contribution >= 4 is 23.8 Å². The molecule has 1 N–H and O–H groups in total. The Kier molecular flexibility index (Phi) is 7.19. The number of unbranched alkanes of at least 4 members (excludes halogenated alkanes) is 1. The van der Waals surface area contributed by atoms with Crippen LogP contribution < -0.4 is 5.32 Å². The van der Waals surface area contributed by atoms with E-state index in [0.717, 1.165) is 24.7 Å². The molecule has 0 aromatic heterocycles. The predicted molar refractivity (Wildman–Crippen MR) is 77.1 cm³/mol. The van der Waals surface area contributed by atoms with Gasteiger partial charge >= 0.3 is 0 Å². The Hall–Kier alpha value is -1.35. The second-order valence-electron chi connectivity index (χ2n) is 4.66. The summed E-state index contributed by atoms with van der Waals surface area (Å²) in [6, 6.07) is 9.78. The molecule has 0 bridgehead atoms. The van der Waals surface area contributed by atoms with Crippen molar-refractivity contribution < 1.29 is 9.59 Å². The summed E-state index contributed by atoms with van der Waals surface area (Å²) in [4.78, 5) is 21.9. The first-order valence-electron chi connectivity index (χ1n) is 6.53. The molecule has 0 aliphatic rings. The molecular weight excluding hydrogens is 262 g/mol. The van der Waals surface area contributed by atoms with Gasteiger partial charge in [0.05, 0.1) is 6.04 Å². The Morgan fingerprint density at radius 1 is 1.37 bits per heavy atom. The summed E-state index contributed by atoms with van der Waals surface area (Å²) in [5.74, 6) is 0.0528. The van der Waals surface area contributed by atoms with E-state index in [1.54, 1.807) is 0 Å². The van der Waals surface area contributed by atoms with Gasteiger partial charge in [0.25, 0.3) is 0 Å². The average molecular weight is 282 g/mol. The van der Waals surface area contributed by atoms with E-state index in [2.05, 4.69) is 12.2 Å². The molecule has 0 fully saturated rings. The molecule has 1 aromatic rings. The molecule has 1 amide bonds. The van der Waals surface area contributed by atoms with Crippen molar-refractivity contribution in [1.29, 1.82) is 0 Å². The van der Waals surface area contributed by atoms with E-state index in [1.165, 1.54) is 0 Å². The van der Waals surface area contributed by atoms with Crippen molar-refractivity contribution in [3.8, 4) is 0 Å². The Morgan fingerprint density at radius 3 is 2.63 bits per heavy atom. The lowest BCUT2D eigenvalue weighted by molar-refractivity contribution is -0.119. The van der Waals surface area contributed by atoms with Gasteiger partial charge in [-0.05, 0) is 24.3 Å². The lowest BCUT2D eigenvalue weighted by atomic mass is 9.90. The van der Waals surface area contributed by atoms with Crippen LogP contribution in [0.3, 0.4) is 0 Å². The minimum Gasteiger partial charge on any atom is -0.348 e. The maximum Gasteiger partial charge on any atom is 0.235 e. The van der Waals surface area contributed by atoms with Crippen LogP contribution in [0.5, 0.6) is 0 Å². The second-order valence-corrected chi connectivity index (χ2v) is 4.93. The molecule has 3 nitrogen and oxygen atoms in total. The van der Waals surface area contributed by atoms with Gasteiger partial charge in [-0.3, -0.25) is 4.79 Å². The molecule has 1 rings (SSSR count). The molecule has 2 atom stereocenters. The lowest BCUT2D eigenvalue weighted by Gasteiger charge is -2.25. The third-order valence-corrected chi connectivity index (χ3v) is 3.39.